The molecule has 30 heavy (non-hydrogen) atoms. The van der Waals surface area contributed by atoms with Crippen molar-refractivity contribution in [2.75, 3.05) is 26.2 Å². The Morgan fingerprint density at radius 2 is 1.77 bits per heavy atom. The lowest BCUT2D eigenvalue weighted by Crippen LogP contribution is -3.12. The largest absolute Gasteiger partial charge is 0.346 e. The molecule has 2 aromatic heterocycles. The highest BCUT2D eigenvalue weighted by atomic mass is 16.1. The van der Waals surface area contributed by atoms with E-state index in [0.29, 0.717) is 17.8 Å². The zero-order valence-corrected chi connectivity index (χ0v) is 18.7. The molecule has 0 saturated heterocycles. The molecule has 0 bridgehead atoms. The molecule has 6 heteroatoms. The van der Waals surface area contributed by atoms with Crippen LogP contribution in [0.15, 0.2) is 36.5 Å². The van der Waals surface area contributed by atoms with Gasteiger partial charge in [-0.05, 0) is 37.8 Å². The average molecular weight is 409 g/mol. The van der Waals surface area contributed by atoms with Crippen molar-refractivity contribution in [2.45, 2.75) is 47.0 Å². The lowest BCUT2D eigenvalue weighted by Gasteiger charge is -2.18. The Balaban J connectivity index is 1.75. The van der Waals surface area contributed by atoms with Crippen LogP contribution in [0.1, 0.15) is 59.6 Å². The molecule has 6 nitrogen and oxygen atoms in total. The molecular weight excluding hydrogens is 374 g/mol. The SMILES string of the molecule is CCC[NH+](CCC)CCNC(=O)c1cnn2c(C)c(Cc3ccccc3)c(C)nc12. The van der Waals surface area contributed by atoms with Gasteiger partial charge in [0.2, 0.25) is 0 Å². The Bertz CT molecular complexity index is 974. The lowest BCUT2D eigenvalue weighted by atomic mass is 10.0. The van der Waals surface area contributed by atoms with Crippen molar-refractivity contribution in [3.05, 3.63) is 64.6 Å². The third-order valence-corrected chi connectivity index (χ3v) is 5.65. The molecule has 0 fully saturated rings. The number of aromatic nitrogens is 3. The van der Waals surface area contributed by atoms with Gasteiger partial charge in [0.05, 0.1) is 32.4 Å². The average Bonchev–Trinajstić information content (AvgIpc) is 3.16. The molecule has 0 aliphatic carbocycles. The molecule has 0 spiro atoms. The molecule has 0 saturated carbocycles. The summed E-state index contributed by atoms with van der Waals surface area (Å²) in [6, 6.07) is 10.4. The molecule has 3 rings (SSSR count). The molecule has 1 aromatic carbocycles. The Morgan fingerprint density at radius 1 is 1.07 bits per heavy atom. The number of hydrogen-bond acceptors (Lipinski definition) is 3. The van der Waals surface area contributed by atoms with Crippen LogP contribution in [0.25, 0.3) is 5.65 Å². The van der Waals surface area contributed by atoms with E-state index in [-0.39, 0.29) is 5.91 Å². The summed E-state index contributed by atoms with van der Waals surface area (Å²) in [5, 5.41) is 7.54. The van der Waals surface area contributed by atoms with E-state index in [4.69, 9.17) is 4.98 Å². The van der Waals surface area contributed by atoms with Gasteiger partial charge in [-0.3, -0.25) is 4.79 Å². The van der Waals surface area contributed by atoms with Crippen molar-refractivity contribution < 1.29 is 9.69 Å². The minimum Gasteiger partial charge on any atom is -0.346 e. The van der Waals surface area contributed by atoms with Crippen LogP contribution in [0.5, 0.6) is 0 Å². The van der Waals surface area contributed by atoms with Crippen LogP contribution in [0.3, 0.4) is 0 Å². The van der Waals surface area contributed by atoms with Crippen molar-refractivity contribution in [3.8, 4) is 0 Å². The Hall–Kier alpha value is -2.73. The zero-order valence-electron chi connectivity index (χ0n) is 18.7. The molecule has 160 valence electrons. The van der Waals surface area contributed by atoms with Crippen LogP contribution in [-0.2, 0) is 6.42 Å². The van der Waals surface area contributed by atoms with Crippen molar-refractivity contribution in [3.63, 3.8) is 0 Å². The zero-order chi connectivity index (χ0) is 21.5. The maximum Gasteiger partial charge on any atom is 0.256 e. The third kappa shape index (κ3) is 5.05. The number of fused-ring (bicyclic) bond motifs is 1. The first-order valence-electron chi connectivity index (χ1n) is 11.0. The molecular formula is C24H34N5O+. The first-order chi connectivity index (χ1) is 14.5. The van der Waals surface area contributed by atoms with Gasteiger partial charge in [0.25, 0.3) is 5.91 Å². The van der Waals surface area contributed by atoms with E-state index < -0.39 is 0 Å². The minimum atomic E-state index is -0.0977. The van der Waals surface area contributed by atoms with Crippen LogP contribution >= 0.6 is 0 Å². The van der Waals surface area contributed by atoms with Crippen molar-refractivity contribution in [1.82, 2.24) is 19.9 Å². The van der Waals surface area contributed by atoms with E-state index in [1.165, 1.54) is 10.5 Å². The van der Waals surface area contributed by atoms with Gasteiger partial charge in [-0.2, -0.15) is 5.10 Å². The monoisotopic (exact) mass is 408 g/mol. The molecule has 2 N–H and O–H groups in total. The van der Waals surface area contributed by atoms with E-state index in [9.17, 15) is 4.79 Å². The summed E-state index contributed by atoms with van der Waals surface area (Å²) < 4.78 is 1.80. The summed E-state index contributed by atoms with van der Waals surface area (Å²) in [6.45, 7) is 12.4. The van der Waals surface area contributed by atoms with Gasteiger partial charge in [-0.1, -0.05) is 44.2 Å². The van der Waals surface area contributed by atoms with Gasteiger partial charge in [0, 0.05) is 17.8 Å². The van der Waals surface area contributed by atoms with Crippen LogP contribution in [0.4, 0.5) is 0 Å². The highest BCUT2D eigenvalue weighted by Crippen LogP contribution is 2.20. The second-order valence-electron chi connectivity index (χ2n) is 7.97. The number of hydrogen-bond donors (Lipinski definition) is 2. The fraction of sp³-hybridized carbons (Fsp3) is 0.458. The first kappa shape index (κ1) is 22.0. The third-order valence-electron chi connectivity index (χ3n) is 5.65. The number of benzene rings is 1. The minimum absolute atomic E-state index is 0.0977. The maximum absolute atomic E-state index is 12.8. The number of quaternary nitrogens is 1. The van der Waals surface area contributed by atoms with Gasteiger partial charge in [-0.25, -0.2) is 9.50 Å². The quantitative estimate of drug-likeness (QED) is 0.541. The number of nitrogens with zero attached hydrogens (tertiary/aromatic N) is 3. The summed E-state index contributed by atoms with van der Waals surface area (Å²) in [4.78, 5) is 19.1. The van der Waals surface area contributed by atoms with Crippen LogP contribution < -0.4 is 10.2 Å². The Kier molecular flexibility index (Phi) is 7.57. The summed E-state index contributed by atoms with van der Waals surface area (Å²) >= 11 is 0. The highest BCUT2D eigenvalue weighted by molar-refractivity contribution is 5.99. The van der Waals surface area contributed by atoms with Gasteiger partial charge >= 0.3 is 0 Å². The summed E-state index contributed by atoms with van der Waals surface area (Å²) in [5.74, 6) is -0.0977. The van der Waals surface area contributed by atoms with E-state index in [0.717, 1.165) is 55.8 Å². The second-order valence-corrected chi connectivity index (χ2v) is 7.97. The number of carbonyl (C=O) groups excluding carboxylic acids is 1. The number of carbonyl (C=O) groups is 1. The van der Waals surface area contributed by atoms with E-state index in [1.807, 2.05) is 32.0 Å². The molecule has 0 unspecified atom stereocenters. The van der Waals surface area contributed by atoms with E-state index >= 15 is 0 Å². The van der Waals surface area contributed by atoms with Crippen LogP contribution in [0.2, 0.25) is 0 Å². The lowest BCUT2D eigenvalue weighted by molar-refractivity contribution is -0.898. The van der Waals surface area contributed by atoms with Gasteiger partial charge < -0.3 is 10.2 Å². The van der Waals surface area contributed by atoms with Crippen molar-refractivity contribution >= 4 is 11.6 Å². The maximum atomic E-state index is 12.8. The second kappa shape index (κ2) is 10.3. The smallest absolute Gasteiger partial charge is 0.256 e. The first-order valence-corrected chi connectivity index (χ1v) is 11.0. The molecule has 2 heterocycles. The van der Waals surface area contributed by atoms with Gasteiger partial charge in [-0.15, -0.1) is 0 Å². The summed E-state index contributed by atoms with van der Waals surface area (Å²) in [7, 11) is 0. The normalized spacial score (nSPS) is 11.4. The van der Waals surface area contributed by atoms with Gasteiger partial charge in [0.1, 0.15) is 5.56 Å². The number of nitrogens with one attached hydrogen (secondary N) is 2. The molecule has 3 aromatic rings. The Morgan fingerprint density at radius 3 is 2.43 bits per heavy atom. The molecule has 0 radical (unpaired) electrons. The molecule has 0 atom stereocenters. The van der Waals surface area contributed by atoms with Crippen LogP contribution in [-0.4, -0.2) is 46.7 Å². The van der Waals surface area contributed by atoms with E-state index in [2.05, 4.69) is 36.4 Å². The highest BCUT2D eigenvalue weighted by Gasteiger charge is 2.18. The Labute approximate surface area is 179 Å². The van der Waals surface area contributed by atoms with Crippen LogP contribution in [0, 0.1) is 13.8 Å². The predicted octanol–water partition coefficient (Wildman–Crippen LogP) is 2.37. The number of amides is 1. The fourth-order valence-corrected chi connectivity index (χ4v) is 4.06. The summed E-state index contributed by atoms with van der Waals surface area (Å²) in [6.07, 6.45) is 4.76. The van der Waals surface area contributed by atoms with Gasteiger partial charge in [0.15, 0.2) is 5.65 Å². The topological polar surface area (TPSA) is 63.7 Å². The number of aryl methyl sites for hydroxylation is 2. The number of rotatable bonds is 10. The van der Waals surface area contributed by atoms with E-state index in [1.54, 1.807) is 10.7 Å². The molecule has 1 amide bonds. The fourth-order valence-electron chi connectivity index (χ4n) is 4.06. The molecule has 0 aliphatic rings. The van der Waals surface area contributed by atoms with Crippen molar-refractivity contribution in [2.24, 2.45) is 0 Å². The standard InChI is InChI=1S/C24H33N5O/c1-5-13-28(14-6-2)15-12-25-24(30)22-17-26-29-19(4)21(18(3)27-23(22)29)16-20-10-8-7-9-11-20/h7-11,17H,5-6,12-16H2,1-4H3,(H,25,30)/p+1. The predicted molar refractivity (Wildman–Crippen MR) is 120 cm³/mol. The van der Waals surface area contributed by atoms with Crippen molar-refractivity contribution in [1.29, 1.82) is 0 Å². The summed E-state index contributed by atoms with van der Waals surface area (Å²) in [5.41, 5.74) is 5.54. The molecule has 0 aliphatic heterocycles.